The van der Waals surface area contributed by atoms with Crippen molar-refractivity contribution in [1.82, 2.24) is 0 Å². The summed E-state index contributed by atoms with van der Waals surface area (Å²) < 4.78 is 4.97. The van der Waals surface area contributed by atoms with Crippen LogP contribution in [0.1, 0.15) is 13.8 Å². The second-order valence-electron chi connectivity index (χ2n) is 3.15. The van der Waals surface area contributed by atoms with Gasteiger partial charge < -0.3 is 4.74 Å². The molecule has 1 atom stereocenters. The van der Waals surface area contributed by atoms with Crippen LogP contribution >= 0.6 is 19.5 Å². The molecule has 0 bridgehead atoms. The van der Waals surface area contributed by atoms with Crippen LogP contribution in [0.25, 0.3) is 0 Å². The molecule has 0 aliphatic rings. The number of ether oxygens (including phenoxy) is 1. The Kier molecular flexibility index (Phi) is 11.8. The Labute approximate surface area is 82.9 Å². The monoisotopic (exact) mass is 210 g/mol. The molecule has 0 aliphatic carbocycles. The first kappa shape index (κ1) is 14.9. The minimum Gasteiger partial charge on any atom is -0.358 e. The van der Waals surface area contributed by atoms with Crippen molar-refractivity contribution in [2.45, 2.75) is 19.4 Å². The van der Waals surface area contributed by atoms with Crippen molar-refractivity contribution >= 4 is 19.5 Å². The summed E-state index contributed by atoms with van der Waals surface area (Å²) in [6.45, 7) is 14.6. The second-order valence-corrected chi connectivity index (χ2v) is 6.45. The van der Waals surface area contributed by atoms with Crippen molar-refractivity contribution in [3.8, 4) is 0 Å². The van der Waals surface area contributed by atoms with Crippen LogP contribution in [-0.4, -0.2) is 32.2 Å². The molecule has 0 N–H and O–H groups in total. The van der Waals surface area contributed by atoms with Gasteiger partial charge in [-0.25, -0.2) is 0 Å². The topological polar surface area (TPSA) is 9.23 Å². The van der Waals surface area contributed by atoms with Crippen molar-refractivity contribution in [2.24, 2.45) is 0 Å². The van der Waals surface area contributed by atoms with E-state index in [1.54, 1.807) is 6.92 Å². The van der Waals surface area contributed by atoms with Crippen LogP contribution in [0, 0.1) is 0 Å². The average Bonchev–Trinajstić information content (AvgIpc) is 1.82. The Morgan fingerprint density at radius 3 is 1.92 bits per heavy atom. The van der Waals surface area contributed by atoms with Crippen LogP contribution < -0.4 is 0 Å². The first-order valence-electron chi connectivity index (χ1n) is 3.87. The summed E-state index contributed by atoms with van der Waals surface area (Å²) in [4.78, 5) is 0. The van der Waals surface area contributed by atoms with E-state index in [9.17, 15) is 0 Å². The maximum atomic E-state index is 5.46. The molecule has 0 aliphatic heterocycles. The molecule has 3 heteroatoms. The van der Waals surface area contributed by atoms with Crippen molar-refractivity contribution in [2.75, 3.05) is 26.6 Å². The SMILES string of the molecule is C=C(C)COC(C)Cl.CP(C)C. The van der Waals surface area contributed by atoms with Gasteiger partial charge in [-0.2, -0.15) is 0 Å². The van der Waals surface area contributed by atoms with Gasteiger partial charge in [0.2, 0.25) is 0 Å². The number of alkyl halides is 1. The van der Waals surface area contributed by atoms with Gasteiger partial charge in [0.1, 0.15) is 5.56 Å². The van der Waals surface area contributed by atoms with Crippen molar-refractivity contribution in [3.63, 3.8) is 0 Å². The molecule has 0 aromatic rings. The molecule has 0 aromatic carbocycles. The molecule has 0 saturated heterocycles. The number of hydrogen-bond acceptors (Lipinski definition) is 1. The van der Waals surface area contributed by atoms with Gasteiger partial charge in [-0.15, -0.1) is 7.92 Å². The third kappa shape index (κ3) is 31.5. The van der Waals surface area contributed by atoms with E-state index < -0.39 is 0 Å². The Hall–Kier alpha value is 0.420. The zero-order valence-corrected chi connectivity index (χ0v) is 10.4. The van der Waals surface area contributed by atoms with Crippen LogP contribution in [0.3, 0.4) is 0 Å². The van der Waals surface area contributed by atoms with E-state index in [1.807, 2.05) is 6.92 Å². The first-order chi connectivity index (χ1) is 5.36. The van der Waals surface area contributed by atoms with E-state index in [0.29, 0.717) is 14.5 Å². The van der Waals surface area contributed by atoms with E-state index in [-0.39, 0.29) is 5.56 Å². The molecule has 0 aromatic heterocycles. The van der Waals surface area contributed by atoms with Crippen LogP contribution in [0.15, 0.2) is 12.2 Å². The van der Waals surface area contributed by atoms with Gasteiger partial charge in [-0.1, -0.05) is 23.8 Å². The van der Waals surface area contributed by atoms with Crippen molar-refractivity contribution in [1.29, 1.82) is 0 Å². The molecule has 12 heavy (non-hydrogen) atoms. The highest BCUT2D eigenvalue weighted by Crippen LogP contribution is 2.14. The molecule has 0 amide bonds. The van der Waals surface area contributed by atoms with E-state index in [1.165, 1.54) is 0 Å². The fraction of sp³-hybridized carbons (Fsp3) is 0.778. The van der Waals surface area contributed by atoms with Gasteiger partial charge in [0.15, 0.2) is 0 Å². The van der Waals surface area contributed by atoms with Gasteiger partial charge in [0.05, 0.1) is 6.61 Å². The predicted molar refractivity (Wildman–Crippen MR) is 60.8 cm³/mol. The van der Waals surface area contributed by atoms with Crippen LogP contribution in [0.5, 0.6) is 0 Å². The molecule has 0 rings (SSSR count). The second kappa shape index (κ2) is 9.51. The maximum absolute atomic E-state index is 5.46. The molecule has 0 heterocycles. The molecule has 0 fully saturated rings. The van der Waals surface area contributed by atoms with Gasteiger partial charge in [0.25, 0.3) is 0 Å². The minimum atomic E-state index is -0.202. The first-order valence-corrected chi connectivity index (χ1v) is 6.99. The minimum absolute atomic E-state index is 0.202. The molecule has 0 saturated carbocycles. The van der Waals surface area contributed by atoms with Crippen molar-refractivity contribution in [3.05, 3.63) is 12.2 Å². The highest BCUT2D eigenvalue weighted by Gasteiger charge is 1.92. The molecule has 74 valence electrons. The molecule has 1 nitrogen and oxygen atoms in total. The van der Waals surface area contributed by atoms with Gasteiger partial charge >= 0.3 is 0 Å². The third-order valence-electron chi connectivity index (χ3n) is 0.559. The van der Waals surface area contributed by atoms with Crippen molar-refractivity contribution < 1.29 is 4.74 Å². The fourth-order valence-corrected chi connectivity index (χ4v) is 0.320. The number of rotatable bonds is 3. The lowest BCUT2D eigenvalue weighted by Crippen LogP contribution is -2.00. The summed E-state index contributed by atoms with van der Waals surface area (Å²) in [6, 6.07) is 0. The summed E-state index contributed by atoms with van der Waals surface area (Å²) in [6.07, 6.45) is 0. The lowest BCUT2D eigenvalue weighted by molar-refractivity contribution is 0.141. The summed E-state index contributed by atoms with van der Waals surface area (Å²) in [5, 5.41) is 0. The number of halogens is 1. The molecular formula is C9H20ClOP. The normalized spacial score (nSPS) is 11.9. The molecular weight excluding hydrogens is 191 g/mol. The standard InChI is InChI=1S/C6H11ClO.C3H9P/c1-5(2)4-8-6(3)7;1-4(2)3/h6H,1,4H2,2-3H3;1-3H3. The quantitative estimate of drug-likeness (QED) is 0.394. The van der Waals surface area contributed by atoms with Crippen LogP contribution in [0.2, 0.25) is 0 Å². The highest BCUT2D eigenvalue weighted by molar-refractivity contribution is 7.55. The zero-order valence-electron chi connectivity index (χ0n) is 8.72. The van der Waals surface area contributed by atoms with E-state index in [4.69, 9.17) is 16.3 Å². The fourth-order valence-electron chi connectivity index (χ4n) is 0.257. The summed E-state index contributed by atoms with van der Waals surface area (Å²) in [5.74, 6) is 0. The zero-order chi connectivity index (χ0) is 10.1. The Morgan fingerprint density at radius 2 is 1.83 bits per heavy atom. The Morgan fingerprint density at radius 1 is 1.50 bits per heavy atom. The van der Waals surface area contributed by atoms with E-state index in [2.05, 4.69) is 26.6 Å². The molecule has 0 spiro atoms. The highest BCUT2D eigenvalue weighted by atomic mass is 35.5. The van der Waals surface area contributed by atoms with Crippen LogP contribution in [0.4, 0.5) is 0 Å². The maximum Gasteiger partial charge on any atom is 0.128 e. The van der Waals surface area contributed by atoms with E-state index >= 15 is 0 Å². The third-order valence-corrected chi connectivity index (χ3v) is 0.685. The summed E-state index contributed by atoms with van der Waals surface area (Å²) >= 11 is 5.46. The van der Waals surface area contributed by atoms with Gasteiger partial charge in [0, 0.05) is 0 Å². The van der Waals surface area contributed by atoms with Gasteiger partial charge in [-0.3, -0.25) is 0 Å². The summed E-state index contributed by atoms with van der Waals surface area (Å²) in [7, 11) is 0.380. The smallest absolute Gasteiger partial charge is 0.128 e. The average molecular weight is 211 g/mol. The lowest BCUT2D eigenvalue weighted by Gasteiger charge is -2.03. The van der Waals surface area contributed by atoms with Gasteiger partial charge in [-0.05, 0) is 33.8 Å². The lowest BCUT2D eigenvalue weighted by atomic mass is 10.4. The van der Waals surface area contributed by atoms with Crippen LogP contribution in [-0.2, 0) is 4.74 Å². The predicted octanol–water partition coefficient (Wildman–Crippen LogP) is 3.52. The van der Waals surface area contributed by atoms with E-state index in [0.717, 1.165) is 5.57 Å². The molecule has 0 radical (unpaired) electrons. The molecule has 1 unspecified atom stereocenters. The number of hydrogen-bond donors (Lipinski definition) is 0. The Balaban J connectivity index is 0. The summed E-state index contributed by atoms with van der Waals surface area (Å²) in [5.41, 5.74) is 0.796. The Bertz CT molecular complexity index is 110. The largest absolute Gasteiger partial charge is 0.358 e.